The van der Waals surface area contributed by atoms with Crippen molar-refractivity contribution in [3.63, 3.8) is 0 Å². The van der Waals surface area contributed by atoms with Gasteiger partial charge in [0.1, 0.15) is 6.04 Å². The van der Waals surface area contributed by atoms with E-state index in [0.29, 0.717) is 5.92 Å². The summed E-state index contributed by atoms with van der Waals surface area (Å²) in [4.78, 5) is 42.3. The Kier molecular flexibility index (Phi) is 10.6. The first-order chi connectivity index (χ1) is 15.1. The summed E-state index contributed by atoms with van der Waals surface area (Å²) in [5, 5.41) is 12.4. The van der Waals surface area contributed by atoms with Crippen molar-refractivity contribution in [3.8, 4) is 0 Å². The topological polar surface area (TPSA) is 90.0 Å². The third kappa shape index (κ3) is 7.83. The van der Waals surface area contributed by atoms with Crippen molar-refractivity contribution in [2.75, 3.05) is 13.6 Å². The molecule has 1 unspecified atom stereocenters. The molecule has 7 nitrogen and oxygen atoms in total. The number of likely N-dealkylation sites (N-methyl/N-ethyl adjacent to an activating group) is 1. The Balaban J connectivity index is 3.17. The number of carbonyl (C=O) groups excluding carboxylic acids is 2. The minimum atomic E-state index is -1.00. The molecular weight excluding hydrogens is 418 g/mol. The molecule has 4 atom stereocenters. The number of likely N-dealkylation sites (tertiary alicyclic amines) is 1. The van der Waals surface area contributed by atoms with Gasteiger partial charge in [0.15, 0.2) is 0 Å². The number of carboxylic acid groups (broad SMARTS) is 1. The van der Waals surface area contributed by atoms with E-state index in [1.165, 1.54) is 6.92 Å². The van der Waals surface area contributed by atoms with Gasteiger partial charge in [0.25, 0.3) is 0 Å². The highest BCUT2D eigenvalue weighted by Gasteiger charge is 2.40. The summed E-state index contributed by atoms with van der Waals surface area (Å²) < 4.78 is 0. The molecule has 0 aromatic carbocycles. The van der Waals surface area contributed by atoms with Gasteiger partial charge in [0.05, 0.1) is 12.1 Å². The van der Waals surface area contributed by atoms with Crippen molar-refractivity contribution < 1.29 is 19.5 Å². The van der Waals surface area contributed by atoms with Gasteiger partial charge in [-0.1, -0.05) is 54.0 Å². The van der Waals surface area contributed by atoms with Crippen molar-refractivity contribution in [1.82, 2.24) is 15.1 Å². The number of amides is 2. The summed E-state index contributed by atoms with van der Waals surface area (Å²) in [7, 11) is 1.69. The minimum absolute atomic E-state index is 0.0188. The van der Waals surface area contributed by atoms with Crippen LogP contribution in [-0.2, 0) is 14.4 Å². The van der Waals surface area contributed by atoms with Crippen LogP contribution in [0, 0.1) is 17.3 Å². The van der Waals surface area contributed by atoms with Crippen molar-refractivity contribution in [1.29, 1.82) is 0 Å². The Morgan fingerprint density at radius 3 is 2.15 bits per heavy atom. The third-order valence-electron chi connectivity index (χ3n) is 6.90. The van der Waals surface area contributed by atoms with E-state index in [-0.39, 0.29) is 41.4 Å². The van der Waals surface area contributed by atoms with Gasteiger partial charge in [0.2, 0.25) is 11.8 Å². The monoisotopic (exact) mass is 465 g/mol. The Morgan fingerprint density at radius 2 is 1.73 bits per heavy atom. The number of carboxylic acids is 1. The molecule has 2 amide bonds. The quantitative estimate of drug-likeness (QED) is 0.504. The van der Waals surface area contributed by atoms with Crippen LogP contribution in [0.5, 0.6) is 0 Å². The summed E-state index contributed by atoms with van der Waals surface area (Å²) in [6.07, 6.45) is 4.53. The lowest BCUT2D eigenvalue weighted by atomic mass is 9.84. The summed E-state index contributed by atoms with van der Waals surface area (Å²) in [5.41, 5.74) is -0.304. The first kappa shape index (κ1) is 29.1. The van der Waals surface area contributed by atoms with Crippen LogP contribution in [-0.4, -0.2) is 70.4 Å². The van der Waals surface area contributed by atoms with E-state index in [2.05, 4.69) is 31.0 Å². The number of hydrogen-bond donors (Lipinski definition) is 2. The molecule has 0 aromatic rings. The molecule has 0 saturated carbocycles. The second-order valence-corrected chi connectivity index (χ2v) is 11.3. The smallest absolute Gasteiger partial charge is 0.331 e. The van der Waals surface area contributed by atoms with Crippen LogP contribution in [0.1, 0.15) is 81.6 Å². The average Bonchev–Trinajstić information content (AvgIpc) is 2.72. The standard InChI is InChI=1S/C26H47N3O4/c1-11-19-12-13-20(29(15-19)17(4)5)23(30)27-22(26(7,8)9)24(31)28(10)21(16(2)3)14-18(6)25(32)33/h14,16-17,19-22H,11-13,15H2,1-10H3,(H,27,30)(H,32,33)/t19?,20-,21+,22+/m0/s1. The highest BCUT2D eigenvalue weighted by Crippen LogP contribution is 2.28. The Labute approximate surface area is 201 Å². The Bertz CT molecular complexity index is 724. The fourth-order valence-corrected chi connectivity index (χ4v) is 4.58. The van der Waals surface area contributed by atoms with Crippen LogP contribution in [0.4, 0.5) is 0 Å². The van der Waals surface area contributed by atoms with Gasteiger partial charge in [-0.2, -0.15) is 0 Å². The second-order valence-electron chi connectivity index (χ2n) is 11.3. The molecule has 33 heavy (non-hydrogen) atoms. The van der Waals surface area contributed by atoms with E-state index < -0.39 is 17.4 Å². The molecule has 2 N–H and O–H groups in total. The maximum absolute atomic E-state index is 13.6. The van der Waals surface area contributed by atoms with Crippen LogP contribution >= 0.6 is 0 Å². The summed E-state index contributed by atoms with van der Waals surface area (Å²) >= 11 is 0. The molecule has 0 spiro atoms. The van der Waals surface area contributed by atoms with E-state index in [0.717, 1.165) is 25.8 Å². The summed E-state index contributed by atoms with van der Waals surface area (Å²) in [6, 6.07) is -1.10. The number of piperidine rings is 1. The van der Waals surface area contributed by atoms with Crippen LogP contribution in [0.15, 0.2) is 11.6 Å². The highest BCUT2D eigenvalue weighted by atomic mass is 16.4. The first-order valence-corrected chi connectivity index (χ1v) is 12.4. The molecule has 1 aliphatic rings. The number of nitrogens with one attached hydrogen (secondary N) is 1. The van der Waals surface area contributed by atoms with Crippen LogP contribution in [0.3, 0.4) is 0 Å². The maximum Gasteiger partial charge on any atom is 0.331 e. The molecule has 1 heterocycles. The van der Waals surface area contributed by atoms with E-state index in [4.69, 9.17) is 0 Å². The first-order valence-electron chi connectivity index (χ1n) is 12.4. The molecule has 1 saturated heterocycles. The molecule has 190 valence electrons. The predicted octanol–water partition coefficient (Wildman–Crippen LogP) is 3.93. The zero-order chi connectivity index (χ0) is 25.7. The molecule has 0 radical (unpaired) electrons. The van der Waals surface area contributed by atoms with E-state index in [1.807, 2.05) is 34.6 Å². The van der Waals surface area contributed by atoms with Crippen molar-refractivity contribution in [2.24, 2.45) is 17.3 Å². The van der Waals surface area contributed by atoms with Crippen molar-refractivity contribution >= 4 is 17.8 Å². The SMILES string of the molecule is CCC1CC[C@@H](C(=O)N[C@H](C(=O)N(C)[C@H](C=C(C)C(=O)O)C(C)C)C(C)(C)C)N(C(C)C)C1. The molecule has 0 aliphatic carbocycles. The Hall–Kier alpha value is -1.89. The number of aliphatic carboxylic acids is 1. The zero-order valence-electron chi connectivity index (χ0n) is 22.4. The van der Waals surface area contributed by atoms with Crippen molar-refractivity contribution in [3.05, 3.63) is 11.6 Å². The molecule has 1 aliphatic heterocycles. The van der Waals surface area contributed by atoms with Crippen molar-refractivity contribution in [2.45, 2.75) is 106 Å². The van der Waals surface area contributed by atoms with E-state index >= 15 is 0 Å². The van der Waals surface area contributed by atoms with E-state index in [9.17, 15) is 19.5 Å². The molecule has 1 rings (SSSR count). The molecular formula is C26H47N3O4. The molecule has 0 bridgehead atoms. The fraction of sp³-hybridized carbons (Fsp3) is 0.808. The number of rotatable bonds is 9. The lowest BCUT2D eigenvalue weighted by Gasteiger charge is -2.43. The molecule has 1 fully saturated rings. The Morgan fingerprint density at radius 1 is 1.15 bits per heavy atom. The van der Waals surface area contributed by atoms with E-state index in [1.54, 1.807) is 18.0 Å². The predicted molar refractivity (Wildman–Crippen MR) is 133 cm³/mol. The van der Waals surface area contributed by atoms with Gasteiger partial charge in [-0.15, -0.1) is 0 Å². The normalized spacial score (nSPS) is 22.2. The molecule has 7 heteroatoms. The third-order valence-corrected chi connectivity index (χ3v) is 6.90. The van der Waals surface area contributed by atoms with Crippen LogP contribution < -0.4 is 5.32 Å². The summed E-state index contributed by atoms with van der Waals surface area (Å²) in [5.74, 6) is -0.691. The molecule has 0 aromatic heterocycles. The lowest BCUT2D eigenvalue weighted by molar-refractivity contribution is -0.142. The number of carbonyl (C=O) groups is 3. The fourth-order valence-electron chi connectivity index (χ4n) is 4.58. The van der Waals surface area contributed by atoms with Gasteiger partial charge in [0, 0.05) is 25.2 Å². The highest BCUT2D eigenvalue weighted by molar-refractivity contribution is 5.91. The maximum atomic E-state index is 13.6. The summed E-state index contributed by atoms with van der Waals surface area (Å²) in [6.45, 7) is 18.6. The lowest BCUT2D eigenvalue weighted by Crippen LogP contribution is -2.61. The number of hydrogen-bond acceptors (Lipinski definition) is 4. The minimum Gasteiger partial charge on any atom is -0.478 e. The largest absolute Gasteiger partial charge is 0.478 e. The van der Waals surface area contributed by atoms with Crippen LogP contribution in [0.2, 0.25) is 0 Å². The van der Waals surface area contributed by atoms with Gasteiger partial charge >= 0.3 is 5.97 Å². The van der Waals surface area contributed by atoms with Gasteiger partial charge < -0.3 is 15.3 Å². The number of nitrogens with zero attached hydrogens (tertiary/aromatic N) is 2. The van der Waals surface area contributed by atoms with Gasteiger partial charge in [-0.3, -0.25) is 14.5 Å². The van der Waals surface area contributed by atoms with Gasteiger partial charge in [-0.25, -0.2) is 4.79 Å². The zero-order valence-corrected chi connectivity index (χ0v) is 22.4. The van der Waals surface area contributed by atoms with Gasteiger partial charge in [-0.05, 0) is 50.9 Å². The average molecular weight is 466 g/mol. The van der Waals surface area contributed by atoms with Crippen LogP contribution in [0.25, 0.3) is 0 Å². The second kappa shape index (κ2) is 12.0.